The zero-order valence-corrected chi connectivity index (χ0v) is 12.1. The van der Waals surface area contributed by atoms with E-state index in [9.17, 15) is 0 Å². The first-order valence-electron chi connectivity index (χ1n) is 6.79. The van der Waals surface area contributed by atoms with Crippen LogP contribution in [0.25, 0.3) is 0 Å². The lowest BCUT2D eigenvalue weighted by Crippen LogP contribution is -2.04. The van der Waals surface area contributed by atoms with E-state index >= 15 is 0 Å². The summed E-state index contributed by atoms with van der Waals surface area (Å²) in [5.74, 6) is 0.866. The maximum atomic E-state index is 5.77. The third-order valence-electron chi connectivity index (χ3n) is 2.99. The van der Waals surface area contributed by atoms with Crippen LogP contribution in [0, 0.1) is 5.92 Å². The van der Waals surface area contributed by atoms with Crippen molar-refractivity contribution in [1.82, 2.24) is 0 Å². The Balaban J connectivity index is 2.13. The van der Waals surface area contributed by atoms with Gasteiger partial charge < -0.3 is 4.52 Å². The molecule has 0 spiro atoms. The molecule has 0 aliphatic rings. The molecule has 1 rings (SSSR count). The minimum absolute atomic E-state index is 0.508. The zero-order chi connectivity index (χ0) is 12.3. The van der Waals surface area contributed by atoms with Gasteiger partial charge in [-0.2, -0.15) is 0 Å². The predicted octanol–water partition coefficient (Wildman–Crippen LogP) is 4.53. The van der Waals surface area contributed by atoms with Gasteiger partial charge in [0.25, 0.3) is 0 Å². The van der Waals surface area contributed by atoms with Gasteiger partial charge in [-0.1, -0.05) is 69.9 Å². The number of hydrogen-bond acceptors (Lipinski definition) is 1. The fraction of sp³-hybridized carbons (Fsp3) is 0.600. The average molecular weight is 252 g/mol. The van der Waals surface area contributed by atoms with Crippen LogP contribution in [-0.2, 0) is 4.52 Å². The van der Waals surface area contributed by atoms with Gasteiger partial charge >= 0.3 is 0 Å². The maximum absolute atomic E-state index is 5.77. The Labute approximate surface area is 108 Å². The lowest BCUT2D eigenvalue weighted by Gasteiger charge is -2.14. The normalized spacial score (nSPS) is 11.7. The second kappa shape index (κ2) is 9.62. The monoisotopic (exact) mass is 252 g/mol. The first kappa shape index (κ1) is 14.7. The van der Waals surface area contributed by atoms with E-state index in [-0.39, 0.29) is 0 Å². The van der Waals surface area contributed by atoms with Crippen LogP contribution in [0.2, 0.25) is 0 Å². The molecule has 0 heterocycles. The molecule has 0 aromatic heterocycles. The number of benzene rings is 1. The summed E-state index contributed by atoms with van der Waals surface area (Å²) < 4.78 is 5.77. The van der Waals surface area contributed by atoms with Crippen molar-refractivity contribution in [2.75, 3.05) is 6.61 Å². The highest BCUT2D eigenvalue weighted by molar-refractivity contribution is 7.41. The molecule has 1 nitrogen and oxygen atoms in total. The molecule has 1 unspecified atom stereocenters. The molecule has 0 bridgehead atoms. The largest absolute Gasteiger partial charge is 0.358 e. The van der Waals surface area contributed by atoms with Crippen LogP contribution in [0.5, 0.6) is 0 Å². The maximum Gasteiger partial charge on any atom is 0.0512 e. The molecule has 0 amide bonds. The molecule has 17 heavy (non-hydrogen) atoms. The van der Waals surface area contributed by atoms with Gasteiger partial charge in [-0.3, -0.25) is 0 Å². The van der Waals surface area contributed by atoms with Gasteiger partial charge in [0.05, 0.1) is 6.61 Å². The van der Waals surface area contributed by atoms with E-state index in [1.165, 1.54) is 37.4 Å². The average Bonchev–Trinajstić information content (AvgIpc) is 2.36. The van der Waals surface area contributed by atoms with Crippen LogP contribution >= 0.6 is 8.81 Å². The SMILES string of the molecule is CCCC(CCC)CCOPc1ccccc1. The van der Waals surface area contributed by atoms with Crippen molar-refractivity contribution >= 4 is 14.1 Å². The molecule has 0 saturated carbocycles. The molecule has 96 valence electrons. The molecule has 0 aliphatic carbocycles. The van der Waals surface area contributed by atoms with E-state index in [0.717, 1.165) is 12.5 Å². The fourth-order valence-electron chi connectivity index (χ4n) is 2.12. The van der Waals surface area contributed by atoms with Crippen molar-refractivity contribution in [2.24, 2.45) is 5.92 Å². The Kier molecular flexibility index (Phi) is 8.30. The molecule has 2 heteroatoms. The summed E-state index contributed by atoms with van der Waals surface area (Å²) in [5, 5.41) is 1.30. The van der Waals surface area contributed by atoms with Crippen molar-refractivity contribution in [1.29, 1.82) is 0 Å². The van der Waals surface area contributed by atoms with E-state index < -0.39 is 0 Å². The van der Waals surface area contributed by atoms with Gasteiger partial charge in [-0.15, -0.1) is 0 Å². The Morgan fingerprint density at radius 2 is 1.65 bits per heavy atom. The standard InChI is InChI=1S/C15H25OP/c1-3-8-14(9-4-2)12-13-16-17-15-10-6-5-7-11-15/h5-7,10-11,14,17H,3-4,8-9,12-13H2,1-2H3. The molecule has 0 saturated heterocycles. The summed E-state index contributed by atoms with van der Waals surface area (Å²) in [6.45, 7) is 5.46. The van der Waals surface area contributed by atoms with Crippen LogP contribution in [0.1, 0.15) is 46.0 Å². The van der Waals surface area contributed by atoms with Crippen molar-refractivity contribution in [3.8, 4) is 0 Å². The molecule has 0 radical (unpaired) electrons. The van der Waals surface area contributed by atoms with Gasteiger partial charge in [0.15, 0.2) is 0 Å². The Morgan fingerprint density at radius 1 is 1.00 bits per heavy atom. The quantitative estimate of drug-likeness (QED) is 0.463. The van der Waals surface area contributed by atoms with Gasteiger partial charge in [0, 0.05) is 8.81 Å². The molecule has 0 aliphatic heterocycles. The highest BCUT2D eigenvalue weighted by Crippen LogP contribution is 2.20. The Bertz CT molecular complexity index is 268. The third kappa shape index (κ3) is 6.81. The molecule has 1 aromatic carbocycles. The highest BCUT2D eigenvalue weighted by atomic mass is 31.1. The smallest absolute Gasteiger partial charge is 0.0512 e. The first-order valence-corrected chi connectivity index (χ1v) is 7.70. The summed E-state index contributed by atoms with van der Waals surface area (Å²) in [4.78, 5) is 0. The fourth-order valence-corrected chi connectivity index (χ4v) is 2.83. The second-order valence-electron chi connectivity index (χ2n) is 4.55. The van der Waals surface area contributed by atoms with E-state index in [0.29, 0.717) is 8.81 Å². The van der Waals surface area contributed by atoms with Crippen LogP contribution in [-0.4, -0.2) is 6.61 Å². The van der Waals surface area contributed by atoms with Crippen molar-refractivity contribution in [3.05, 3.63) is 30.3 Å². The van der Waals surface area contributed by atoms with E-state index in [4.69, 9.17) is 4.52 Å². The first-order chi connectivity index (χ1) is 8.36. The van der Waals surface area contributed by atoms with E-state index in [1.807, 2.05) is 6.07 Å². The van der Waals surface area contributed by atoms with E-state index in [2.05, 4.69) is 38.1 Å². The minimum atomic E-state index is 0.508. The Hall–Kier alpha value is -0.390. The van der Waals surface area contributed by atoms with Crippen LogP contribution < -0.4 is 5.30 Å². The van der Waals surface area contributed by atoms with Gasteiger partial charge in [0.2, 0.25) is 0 Å². The lowest BCUT2D eigenvalue weighted by molar-refractivity contribution is 0.293. The molecule has 0 N–H and O–H groups in total. The van der Waals surface area contributed by atoms with Crippen LogP contribution in [0.15, 0.2) is 30.3 Å². The van der Waals surface area contributed by atoms with Crippen molar-refractivity contribution in [2.45, 2.75) is 46.0 Å². The zero-order valence-electron chi connectivity index (χ0n) is 11.1. The molecule has 1 atom stereocenters. The third-order valence-corrected chi connectivity index (χ3v) is 3.90. The molecule has 0 fully saturated rings. The topological polar surface area (TPSA) is 9.23 Å². The second-order valence-corrected chi connectivity index (χ2v) is 5.62. The van der Waals surface area contributed by atoms with Crippen LogP contribution in [0.3, 0.4) is 0 Å². The van der Waals surface area contributed by atoms with Gasteiger partial charge in [-0.25, -0.2) is 0 Å². The Morgan fingerprint density at radius 3 is 2.24 bits per heavy atom. The van der Waals surface area contributed by atoms with Gasteiger partial charge in [-0.05, 0) is 17.6 Å². The van der Waals surface area contributed by atoms with Crippen molar-refractivity contribution < 1.29 is 4.52 Å². The molecule has 1 aromatic rings. The summed E-state index contributed by atoms with van der Waals surface area (Å²) in [5.41, 5.74) is 0. The minimum Gasteiger partial charge on any atom is -0.358 e. The molecular formula is C15H25OP. The number of hydrogen-bond donors (Lipinski definition) is 0. The molecular weight excluding hydrogens is 227 g/mol. The van der Waals surface area contributed by atoms with Gasteiger partial charge in [0.1, 0.15) is 0 Å². The van der Waals surface area contributed by atoms with Crippen LogP contribution in [0.4, 0.5) is 0 Å². The summed E-state index contributed by atoms with van der Waals surface area (Å²) in [7, 11) is 0.508. The summed E-state index contributed by atoms with van der Waals surface area (Å²) in [6, 6.07) is 10.5. The number of rotatable bonds is 9. The predicted molar refractivity (Wildman–Crippen MR) is 78.3 cm³/mol. The van der Waals surface area contributed by atoms with Crippen molar-refractivity contribution in [3.63, 3.8) is 0 Å². The summed E-state index contributed by atoms with van der Waals surface area (Å²) in [6.07, 6.45) is 6.52. The highest BCUT2D eigenvalue weighted by Gasteiger charge is 2.06. The lowest BCUT2D eigenvalue weighted by atomic mass is 9.95. The summed E-state index contributed by atoms with van der Waals surface area (Å²) >= 11 is 0. The van der Waals surface area contributed by atoms with E-state index in [1.54, 1.807) is 0 Å².